The fourth-order valence-electron chi connectivity index (χ4n) is 1.50. The fourth-order valence-corrected chi connectivity index (χ4v) is 1.50. The van der Waals surface area contributed by atoms with Crippen LogP contribution in [0.4, 0.5) is 0 Å². The third-order valence-corrected chi connectivity index (χ3v) is 2.61. The third-order valence-electron chi connectivity index (χ3n) is 2.61. The summed E-state index contributed by atoms with van der Waals surface area (Å²) < 4.78 is 0. The summed E-state index contributed by atoms with van der Waals surface area (Å²) in [6.07, 6.45) is 3.89. The Bertz CT molecular complexity index is 498. The molecule has 1 aliphatic carbocycles. The number of allylic oxidation sites excluding steroid dienone is 2. The van der Waals surface area contributed by atoms with Crippen LogP contribution in [0, 0.1) is 6.07 Å². The number of amides is 2. The van der Waals surface area contributed by atoms with Gasteiger partial charge in [-0.05, 0) is 18.4 Å². The summed E-state index contributed by atoms with van der Waals surface area (Å²) in [7, 11) is 1.55. The van der Waals surface area contributed by atoms with Gasteiger partial charge in [-0.1, -0.05) is 11.6 Å². The number of carbonyl (C=O) groups excluding carboxylic acids is 2. The van der Waals surface area contributed by atoms with E-state index < -0.39 is 0 Å². The van der Waals surface area contributed by atoms with Crippen molar-refractivity contribution < 1.29 is 42.3 Å². The van der Waals surface area contributed by atoms with Gasteiger partial charge in [-0.25, -0.2) is 0 Å². The first-order valence-corrected chi connectivity index (χ1v) is 5.45. The van der Waals surface area contributed by atoms with E-state index in [2.05, 4.69) is 16.7 Å². The Kier molecular flexibility index (Phi) is 5.70. The van der Waals surface area contributed by atoms with Crippen LogP contribution in [0.15, 0.2) is 30.0 Å². The summed E-state index contributed by atoms with van der Waals surface area (Å²) >= 11 is 0. The maximum Gasteiger partial charge on any atom is 0.232 e. The van der Waals surface area contributed by atoms with Crippen LogP contribution < -0.4 is 10.6 Å². The Morgan fingerprint density at radius 1 is 1.33 bits per heavy atom. The molecule has 2 N–H and O–H groups in total. The van der Waals surface area contributed by atoms with Crippen LogP contribution >= 0.6 is 0 Å². The van der Waals surface area contributed by atoms with E-state index in [9.17, 15) is 9.59 Å². The zero-order valence-electron chi connectivity index (χ0n) is 10.1. The molecule has 0 saturated carbocycles. The Labute approximate surface area is 131 Å². The van der Waals surface area contributed by atoms with Gasteiger partial charge in [0, 0.05) is 45.5 Å². The molecule has 0 unspecified atom stereocenters. The normalized spacial score (nSPS) is 12.6. The van der Waals surface area contributed by atoms with Gasteiger partial charge in [0.2, 0.25) is 5.91 Å². The molecule has 4 nitrogen and oxygen atoms in total. The van der Waals surface area contributed by atoms with Crippen LogP contribution in [0.1, 0.15) is 33.6 Å². The zero-order valence-corrected chi connectivity index (χ0v) is 13.0. The third kappa shape index (κ3) is 3.50. The molecule has 2 amide bonds. The van der Waals surface area contributed by atoms with Gasteiger partial charge in [-0.15, -0.1) is 24.3 Å². The monoisotopic (exact) mass is 318 g/mol. The minimum absolute atomic E-state index is 0. The van der Waals surface area contributed by atoms with Crippen LogP contribution in [0.2, 0.25) is 0 Å². The summed E-state index contributed by atoms with van der Waals surface area (Å²) in [4.78, 5) is 23.2. The molecule has 2 rings (SSSR count). The minimum Gasteiger partial charge on any atom is -0.366 e. The largest absolute Gasteiger partial charge is 0.366 e. The minimum atomic E-state index is -0.221. The van der Waals surface area contributed by atoms with Crippen molar-refractivity contribution in [3.05, 3.63) is 47.2 Å². The van der Waals surface area contributed by atoms with Crippen molar-refractivity contribution >= 4 is 11.8 Å². The molecule has 0 aromatic heterocycles. The van der Waals surface area contributed by atoms with Gasteiger partial charge in [-0.3, -0.25) is 4.79 Å². The maximum atomic E-state index is 11.8. The Morgan fingerprint density at radius 3 is 2.61 bits per heavy atom. The van der Waals surface area contributed by atoms with Gasteiger partial charge in [-0.2, -0.15) is 0 Å². The molecule has 1 aliphatic rings. The fraction of sp³-hybridized carbons (Fsp3) is 0.231. The average Bonchev–Trinajstić information content (AvgIpc) is 2.32. The van der Waals surface area contributed by atoms with Crippen LogP contribution in [-0.2, 0) is 32.7 Å². The smallest absolute Gasteiger partial charge is 0.232 e. The molecule has 0 atom stereocenters. The van der Waals surface area contributed by atoms with Gasteiger partial charge < -0.3 is 15.4 Å². The summed E-state index contributed by atoms with van der Waals surface area (Å²) in [5.74, 6) is -0.433. The molecule has 18 heavy (non-hydrogen) atoms. The van der Waals surface area contributed by atoms with Crippen molar-refractivity contribution in [3.63, 3.8) is 0 Å². The van der Waals surface area contributed by atoms with E-state index in [0.717, 1.165) is 18.5 Å². The van der Waals surface area contributed by atoms with Gasteiger partial charge in [0.1, 0.15) is 0 Å². The van der Waals surface area contributed by atoms with Crippen LogP contribution in [-0.4, -0.2) is 18.9 Å². The molecule has 0 bridgehead atoms. The molecule has 1 radical (unpaired) electrons. The van der Waals surface area contributed by atoms with Crippen molar-refractivity contribution in [2.75, 3.05) is 7.05 Å². The van der Waals surface area contributed by atoms with E-state index in [0.29, 0.717) is 11.1 Å². The summed E-state index contributed by atoms with van der Waals surface area (Å²) in [6.45, 7) is 0. The molecule has 91 valence electrons. The van der Waals surface area contributed by atoms with Crippen molar-refractivity contribution in [2.45, 2.75) is 12.8 Å². The summed E-state index contributed by atoms with van der Waals surface area (Å²) in [5, 5.41) is 5.29. The number of hydrogen-bond acceptors (Lipinski definition) is 2. The van der Waals surface area contributed by atoms with Crippen molar-refractivity contribution in [1.82, 2.24) is 10.6 Å². The van der Waals surface area contributed by atoms with Gasteiger partial charge in [0.25, 0.3) is 0 Å². The first kappa shape index (κ1) is 15.1. The van der Waals surface area contributed by atoms with Crippen molar-refractivity contribution in [1.29, 1.82) is 0 Å². The SMILES string of the molecule is CNC(=O)c1cc[c-]c(C(=O)NC2=CCC2)c1.[Y]. The summed E-state index contributed by atoms with van der Waals surface area (Å²) in [6, 6.07) is 7.56. The predicted octanol–water partition coefficient (Wildman–Crippen LogP) is 1.25. The second-order valence-electron chi connectivity index (χ2n) is 3.79. The Morgan fingerprint density at radius 2 is 2.06 bits per heavy atom. The van der Waals surface area contributed by atoms with Crippen molar-refractivity contribution in [2.24, 2.45) is 0 Å². The van der Waals surface area contributed by atoms with E-state index in [1.807, 2.05) is 6.08 Å². The number of carbonyl (C=O) groups is 2. The molecular formula is C13H13N2O2Y-. The molecule has 1 aromatic rings. The molecule has 0 spiro atoms. The first-order valence-electron chi connectivity index (χ1n) is 5.45. The summed E-state index contributed by atoms with van der Waals surface area (Å²) in [5.41, 5.74) is 1.77. The predicted molar refractivity (Wildman–Crippen MR) is 63.5 cm³/mol. The molecule has 0 heterocycles. The molecule has 1 aromatic carbocycles. The quantitative estimate of drug-likeness (QED) is 0.824. The standard InChI is InChI=1S/C13H13N2O2.Y/c1-14-12(16)9-4-2-5-10(8-9)13(17)15-11-6-3-7-11;/h2,4,6,8H,3,7H2,1H3,(H,14,16)(H,15,17);/q-1;. The Balaban J connectivity index is 0.00000162. The Hall–Kier alpha value is -0.996. The van der Waals surface area contributed by atoms with Crippen LogP contribution in [0.25, 0.3) is 0 Å². The number of benzene rings is 1. The second kappa shape index (κ2) is 6.81. The van der Waals surface area contributed by atoms with Gasteiger partial charge in [0.05, 0.1) is 0 Å². The van der Waals surface area contributed by atoms with Gasteiger partial charge in [0.15, 0.2) is 5.91 Å². The second-order valence-corrected chi connectivity index (χ2v) is 3.79. The van der Waals surface area contributed by atoms with E-state index in [1.165, 1.54) is 6.07 Å². The van der Waals surface area contributed by atoms with E-state index in [1.54, 1.807) is 19.2 Å². The molecule has 5 heteroatoms. The molecule has 0 aliphatic heterocycles. The number of nitrogens with one attached hydrogen (secondary N) is 2. The van der Waals surface area contributed by atoms with Crippen LogP contribution in [0.3, 0.4) is 0 Å². The molecule has 0 fully saturated rings. The van der Waals surface area contributed by atoms with E-state index in [4.69, 9.17) is 0 Å². The van der Waals surface area contributed by atoms with E-state index >= 15 is 0 Å². The first-order chi connectivity index (χ1) is 8.20. The molecular weight excluding hydrogens is 305 g/mol. The number of rotatable bonds is 3. The van der Waals surface area contributed by atoms with Crippen LogP contribution in [0.5, 0.6) is 0 Å². The van der Waals surface area contributed by atoms with Crippen molar-refractivity contribution in [3.8, 4) is 0 Å². The average molecular weight is 318 g/mol. The van der Waals surface area contributed by atoms with Gasteiger partial charge >= 0.3 is 0 Å². The number of hydrogen-bond donors (Lipinski definition) is 2. The molecule has 0 saturated heterocycles. The van der Waals surface area contributed by atoms with E-state index in [-0.39, 0.29) is 44.5 Å². The maximum absolute atomic E-state index is 11.8. The zero-order chi connectivity index (χ0) is 12.3. The topological polar surface area (TPSA) is 58.2 Å².